The molecule has 0 spiro atoms. The highest BCUT2D eigenvalue weighted by Crippen LogP contribution is 2.30. The number of hydrogen-bond acceptors (Lipinski definition) is 6. The van der Waals surface area contributed by atoms with Crippen LogP contribution in [0, 0.1) is 0 Å². The SMILES string of the molecule is CC(C)(C)c1nnc(N2CCN(S(=O)(=O)c3ccc(Br)cc3)CC2)s1. The van der Waals surface area contributed by atoms with Crippen LogP contribution < -0.4 is 4.90 Å². The summed E-state index contributed by atoms with van der Waals surface area (Å²) in [4.78, 5) is 2.44. The van der Waals surface area contributed by atoms with Crippen molar-refractivity contribution in [2.45, 2.75) is 31.1 Å². The van der Waals surface area contributed by atoms with Crippen LogP contribution in [0.4, 0.5) is 5.13 Å². The highest BCUT2D eigenvalue weighted by molar-refractivity contribution is 9.10. The van der Waals surface area contributed by atoms with Crippen molar-refractivity contribution < 1.29 is 8.42 Å². The summed E-state index contributed by atoms with van der Waals surface area (Å²) in [7, 11) is -3.45. The Morgan fingerprint density at radius 1 is 1.04 bits per heavy atom. The lowest BCUT2D eigenvalue weighted by Gasteiger charge is -2.33. The normalized spacial score (nSPS) is 17.0. The lowest BCUT2D eigenvalue weighted by molar-refractivity contribution is 0.384. The van der Waals surface area contributed by atoms with Crippen LogP contribution in [0.3, 0.4) is 0 Å². The lowest BCUT2D eigenvalue weighted by Crippen LogP contribution is -2.48. The van der Waals surface area contributed by atoms with Gasteiger partial charge in [0.05, 0.1) is 4.90 Å². The molecule has 0 N–H and O–H groups in total. The molecule has 0 unspecified atom stereocenters. The number of aromatic nitrogens is 2. The van der Waals surface area contributed by atoms with Crippen molar-refractivity contribution in [3.05, 3.63) is 33.7 Å². The van der Waals surface area contributed by atoms with Crippen molar-refractivity contribution in [2.75, 3.05) is 31.1 Å². The molecule has 136 valence electrons. The molecule has 1 aliphatic rings. The Morgan fingerprint density at radius 2 is 1.64 bits per heavy atom. The summed E-state index contributed by atoms with van der Waals surface area (Å²) in [5, 5.41) is 10.4. The maximum atomic E-state index is 12.7. The quantitative estimate of drug-likeness (QED) is 0.727. The standard InChI is InChI=1S/C16H21BrN4O2S2/c1-16(2,3)14-18-19-15(24-14)20-8-10-21(11-9-20)25(22,23)13-6-4-12(17)5-7-13/h4-7H,8-11H2,1-3H3. The molecule has 0 aliphatic carbocycles. The third-order valence-corrected chi connectivity index (χ3v) is 7.87. The van der Waals surface area contributed by atoms with Gasteiger partial charge in [0, 0.05) is 36.1 Å². The summed E-state index contributed by atoms with van der Waals surface area (Å²) in [5.41, 5.74) is -0.0251. The van der Waals surface area contributed by atoms with Gasteiger partial charge in [-0.05, 0) is 24.3 Å². The van der Waals surface area contributed by atoms with Gasteiger partial charge in [0.2, 0.25) is 15.2 Å². The van der Waals surface area contributed by atoms with Gasteiger partial charge in [-0.3, -0.25) is 0 Å². The number of piperazine rings is 1. The molecule has 0 bridgehead atoms. The number of halogens is 1. The average molecular weight is 445 g/mol. The number of benzene rings is 1. The predicted molar refractivity (Wildman–Crippen MR) is 104 cm³/mol. The van der Waals surface area contributed by atoms with E-state index in [0.717, 1.165) is 14.6 Å². The monoisotopic (exact) mass is 444 g/mol. The van der Waals surface area contributed by atoms with E-state index in [2.05, 4.69) is 51.8 Å². The molecule has 2 aromatic rings. The van der Waals surface area contributed by atoms with Gasteiger partial charge in [-0.1, -0.05) is 48.0 Å². The summed E-state index contributed by atoms with van der Waals surface area (Å²) in [6.07, 6.45) is 0. The second-order valence-electron chi connectivity index (χ2n) is 6.98. The van der Waals surface area contributed by atoms with Crippen LogP contribution in [-0.4, -0.2) is 49.1 Å². The van der Waals surface area contributed by atoms with Crippen molar-refractivity contribution in [3.8, 4) is 0 Å². The zero-order chi connectivity index (χ0) is 18.2. The second kappa shape index (κ2) is 6.94. The summed E-state index contributed by atoms with van der Waals surface area (Å²) in [6, 6.07) is 6.76. The first-order valence-corrected chi connectivity index (χ1v) is 11.1. The van der Waals surface area contributed by atoms with Gasteiger partial charge in [0.15, 0.2) is 0 Å². The Kier molecular flexibility index (Phi) is 5.21. The van der Waals surface area contributed by atoms with E-state index in [4.69, 9.17) is 0 Å². The highest BCUT2D eigenvalue weighted by atomic mass is 79.9. The van der Waals surface area contributed by atoms with E-state index < -0.39 is 10.0 Å². The van der Waals surface area contributed by atoms with Gasteiger partial charge in [0.25, 0.3) is 0 Å². The topological polar surface area (TPSA) is 66.4 Å². The maximum Gasteiger partial charge on any atom is 0.243 e. The molecule has 1 aliphatic heterocycles. The molecule has 3 rings (SSSR count). The minimum atomic E-state index is -3.45. The molecule has 1 fully saturated rings. The van der Waals surface area contributed by atoms with Crippen LogP contribution in [0.25, 0.3) is 0 Å². The molecular weight excluding hydrogens is 424 g/mol. The molecule has 1 saturated heterocycles. The Bertz CT molecular complexity index is 836. The fourth-order valence-electron chi connectivity index (χ4n) is 2.52. The van der Waals surface area contributed by atoms with Crippen molar-refractivity contribution in [1.29, 1.82) is 0 Å². The molecule has 0 atom stereocenters. The summed E-state index contributed by atoms with van der Waals surface area (Å²) >= 11 is 4.91. The molecule has 2 heterocycles. The first-order valence-electron chi connectivity index (χ1n) is 8.02. The smallest absolute Gasteiger partial charge is 0.243 e. The average Bonchev–Trinajstić information content (AvgIpc) is 3.06. The van der Waals surface area contributed by atoms with E-state index in [1.54, 1.807) is 39.9 Å². The van der Waals surface area contributed by atoms with Crippen molar-refractivity contribution >= 4 is 42.4 Å². The van der Waals surface area contributed by atoms with E-state index in [9.17, 15) is 8.42 Å². The molecule has 6 nitrogen and oxygen atoms in total. The third kappa shape index (κ3) is 4.05. The van der Waals surface area contributed by atoms with Gasteiger partial charge in [-0.25, -0.2) is 8.42 Å². The fraction of sp³-hybridized carbons (Fsp3) is 0.500. The van der Waals surface area contributed by atoms with Crippen molar-refractivity contribution in [2.24, 2.45) is 0 Å². The third-order valence-electron chi connectivity index (χ3n) is 4.02. The molecule has 0 saturated carbocycles. The molecule has 1 aromatic heterocycles. The van der Waals surface area contributed by atoms with E-state index in [-0.39, 0.29) is 5.41 Å². The molecular formula is C16H21BrN4O2S2. The van der Waals surface area contributed by atoms with E-state index >= 15 is 0 Å². The Morgan fingerprint density at radius 3 is 2.16 bits per heavy atom. The molecule has 9 heteroatoms. The summed E-state index contributed by atoms with van der Waals surface area (Å²) < 4.78 is 27.9. The first kappa shape index (κ1) is 18.8. The van der Waals surface area contributed by atoms with Crippen LogP contribution in [0.2, 0.25) is 0 Å². The van der Waals surface area contributed by atoms with E-state index in [0.29, 0.717) is 31.1 Å². The van der Waals surface area contributed by atoms with Crippen LogP contribution >= 0.6 is 27.3 Å². The Balaban J connectivity index is 1.69. The van der Waals surface area contributed by atoms with Crippen molar-refractivity contribution in [1.82, 2.24) is 14.5 Å². The zero-order valence-corrected chi connectivity index (χ0v) is 17.7. The van der Waals surface area contributed by atoms with Gasteiger partial charge >= 0.3 is 0 Å². The summed E-state index contributed by atoms with van der Waals surface area (Å²) in [6.45, 7) is 8.47. The predicted octanol–water partition coefficient (Wildman–Crippen LogP) is 3.11. The molecule has 0 radical (unpaired) electrons. The number of hydrogen-bond donors (Lipinski definition) is 0. The largest absolute Gasteiger partial charge is 0.344 e. The number of anilines is 1. The Labute approximate surface area is 161 Å². The number of sulfonamides is 1. The van der Waals surface area contributed by atoms with E-state index in [1.165, 1.54) is 0 Å². The van der Waals surface area contributed by atoms with Crippen LogP contribution in [0.5, 0.6) is 0 Å². The molecule has 1 aromatic carbocycles. The minimum absolute atomic E-state index is 0.0251. The highest BCUT2D eigenvalue weighted by Gasteiger charge is 2.30. The minimum Gasteiger partial charge on any atom is -0.344 e. The summed E-state index contributed by atoms with van der Waals surface area (Å²) in [5.74, 6) is 0. The maximum absolute atomic E-state index is 12.7. The van der Waals surface area contributed by atoms with Crippen LogP contribution in [0.1, 0.15) is 25.8 Å². The van der Waals surface area contributed by atoms with Gasteiger partial charge in [-0.2, -0.15) is 4.31 Å². The van der Waals surface area contributed by atoms with Gasteiger partial charge in [0.1, 0.15) is 5.01 Å². The number of nitrogens with zero attached hydrogens (tertiary/aromatic N) is 4. The van der Waals surface area contributed by atoms with Crippen LogP contribution in [0.15, 0.2) is 33.6 Å². The fourth-order valence-corrected chi connectivity index (χ4v) is 5.16. The van der Waals surface area contributed by atoms with Crippen molar-refractivity contribution in [3.63, 3.8) is 0 Å². The molecule has 25 heavy (non-hydrogen) atoms. The van der Waals surface area contributed by atoms with Crippen LogP contribution in [-0.2, 0) is 15.4 Å². The second-order valence-corrected chi connectivity index (χ2v) is 10.8. The van der Waals surface area contributed by atoms with Gasteiger partial charge < -0.3 is 4.90 Å². The Hall–Kier alpha value is -1.03. The number of rotatable bonds is 3. The lowest BCUT2D eigenvalue weighted by atomic mass is 9.98. The molecule has 0 amide bonds. The first-order chi connectivity index (χ1) is 11.7. The van der Waals surface area contributed by atoms with E-state index in [1.807, 2.05) is 0 Å². The zero-order valence-electron chi connectivity index (χ0n) is 14.4. The van der Waals surface area contributed by atoms with Gasteiger partial charge in [-0.15, -0.1) is 10.2 Å².